The lowest BCUT2D eigenvalue weighted by molar-refractivity contribution is -0.123. The van der Waals surface area contributed by atoms with Crippen molar-refractivity contribution in [1.82, 2.24) is 5.32 Å². The van der Waals surface area contributed by atoms with Gasteiger partial charge in [0.15, 0.2) is 6.61 Å². The van der Waals surface area contributed by atoms with E-state index in [4.69, 9.17) is 10.5 Å². The number of primary amides is 1. The van der Waals surface area contributed by atoms with E-state index in [1.54, 1.807) is 17.4 Å². The predicted molar refractivity (Wildman–Crippen MR) is 110 cm³/mol. The van der Waals surface area contributed by atoms with E-state index in [0.29, 0.717) is 5.69 Å². The standard InChI is InChI=1S/C20H23N3O6S/c1-2-3-5-14-8-10-16(11-9-14)23-30(27,28)17-7-4-6-15(12-17)19(25)29-13-18(24)22-20(21)26/h4,6-12,23H,2-3,5,13H2,1H3,(H3,21,22,24,26). The molecule has 4 N–H and O–H groups in total. The number of hydrogen-bond acceptors (Lipinski definition) is 6. The smallest absolute Gasteiger partial charge is 0.338 e. The van der Waals surface area contributed by atoms with Gasteiger partial charge in [-0.2, -0.15) is 0 Å². The van der Waals surface area contributed by atoms with Gasteiger partial charge >= 0.3 is 12.0 Å². The van der Waals surface area contributed by atoms with E-state index in [2.05, 4.69) is 11.6 Å². The average Bonchev–Trinajstić information content (AvgIpc) is 2.71. The van der Waals surface area contributed by atoms with E-state index in [-0.39, 0.29) is 10.5 Å². The molecule has 0 fully saturated rings. The third-order valence-electron chi connectivity index (χ3n) is 4.00. The van der Waals surface area contributed by atoms with Crippen molar-refractivity contribution in [3.63, 3.8) is 0 Å². The van der Waals surface area contributed by atoms with Crippen LogP contribution in [0.5, 0.6) is 0 Å². The largest absolute Gasteiger partial charge is 0.452 e. The van der Waals surface area contributed by atoms with Crippen LogP contribution in [0.15, 0.2) is 53.4 Å². The second-order valence-corrected chi connectivity index (χ2v) is 8.10. The van der Waals surface area contributed by atoms with Crippen molar-refractivity contribution in [1.29, 1.82) is 0 Å². The minimum Gasteiger partial charge on any atom is -0.452 e. The first kappa shape index (κ1) is 22.9. The molecule has 0 saturated heterocycles. The highest BCUT2D eigenvalue weighted by molar-refractivity contribution is 7.92. The maximum Gasteiger partial charge on any atom is 0.338 e. The Balaban J connectivity index is 2.06. The first-order valence-electron chi connectivity index (χ1n) is 9.19. The topological polar surface area (TPSA) is 145 Å². The van der Waals surface area contributed by atoms with Gasteiger partial charge in [0, 0.05) is 5.69 Å². The lowest BCUT2D eigenvalue weighted by Gasteiger charge is -2.10. The molecule has 0 radical (unpaired) electrons. The first-order chi connectivity index (χ1) is 14.2. The fourth-order valence-corrected chi connectivity index (χ4v) is 3.62. The number of amides is 3. The molecule has 0 aromatic heterocycles. The summed E-state index contributed by atoms with van der Waals surface area (Å²) < 4.78 is 32.5. The van der Waals surface area contributed by atoms with Crippen molar-refractivity contribution in [3.05, 3.63) is 59.7 Å². The highest BCUT2D eigenvalue weighted by atomic mass is 32.2. The molecule has 30 heavy (non-hydrogen) atoms. The van der Waals surface area contributed by atoms with E-state index in [1.165, 1.54) is 18.2 Å². The van der Waals surface area contributed by atoms with Crippen molar-refractivity contribution < 1.29 is 27.5 Å². The number of rotatable bonds is 9. The van der Waals surface area contributed by atoms with E-state index in [0.717, 1.165) is 30.9 Å². The summed E-state index contributed by atoms with van der Waals surface area (Å²) in [7, 11) is -3.94. The molecule has 10 heteroatoms. The summed E-state index contributed by atoms with van der Waals surface area (Å²) in [6.45, 7) is 1.36. The SMILES string of the molecule is CCCCc1ccc(NS(=O)(=O)c2cccc(C(=O)OCC(=O)NC(N)=O)c2)cc1. The fourth-order valence-electron chi connectivity index (χ4n) is 2.51. The van der Waals surface area contributed by atoms with Gasteiger partial charge in [-0.05, 0) is 48.7 Å². The van der Waals surface area contributed by atoms with Crippen LogP contribution in [0.1, 0.15) is 35.7 Å². The number of carbonyl (C=O) groups is 3. The van der Waals surface area contributed by atoms with Crippen LogP contribution in [0.2, 0.25) is 0 Å². The van der Waals surface area contributed by atoms with Gasteiger partial charge in [-0.1, -0.05) is 31.5 Å². The third kappa shape index (κ3) is 6.89. The minimum atomic E-state index is -3.94. The van der Waals surface area contributed by atoms with Gasteiger partial charge in [-0.15, -0.1) is 0 Å². The minimum absolute atomic E-state index is 0.0698. The molecule has 2 aromatic carbocycles. The molecule has 0 spiro atoms. The zero-order chi connectivity index (χ0) is 22.1. The Kier molecular flexibility index (Phi) is 7.93. The summed E-state index contributed by atoms with van der Waals surface area (Å²) in [6, 6.07) is 11.2. The molecule has 9 nitrogen and oxygen atoms in total. The number of aryl methyl sites for hydroxylation is 1. The van der Waals surface area contributed by atoms with Gasteiger partial charge in [-0.25, -0.2) is 18.0 Å². The van der Waals surface area contributed by atoms with Gasteiger partial charge in [0.1, 0.15) is 0 Å². The van der Waals surface area contributed by atoms with Crippen molar-refractivity contribution in [2.75, 3.05) is 11.3 Å². The number of nitrogens with one attached hydrogen (secondary N) is 2. The third-order valence-corrected chi connectivity index (χ3v) is 5.38. The molecule has 0 aliphatic rings. The number of imide groups is 1. The average molecular weight is 433 g/mol. The Labute approximate surface area is 174 Å². The number of unbranched alkanes of at least 4 members (excludes halogenated alkanes) is 1. The van der Waals surface area contributed by atoms with E-state index < -0.39 is 34.5 Å². The molecular weight excluding hydrogens is 410 g/mol. The number of nitrogens with two attached hydrogens (primary N) is 1. The lowest BCUT2D eigenvalue weighted by atomic mass is 10.1. The van der Waals surface area contributed by atoms with Crippen LogP contribution in [0.25, 0.3) is 0 Å². The molecular formula is C20H23N3O6S. The molecule has 2 rings (SSSR count). The molecule has 2 aromatic rings. The molecule has 3 amide bonds. The number of carbonyl (C=O) groups excluding carboxylic acids is 3. The van der Waals surface area contributed by atoms with Gasteiger partial charge in [0.05, 0.1) is 10.5 Å². The zero-order valence-electron chi connectivity index (χ0n) is 16.4. The molecule has 0 atom stereocenters. The second-order valence-electron chi connectivity index (χ2n) is 6.42. The second kappa shape index (κ2) is 10.4. The Hall–Kier alpha value is -3.40. The van der Waals surface area contributed by atoms with Crippen LogP contribution in [-0.2, 0) is 26.0 Å². The lowest BCUT2D eigenvalue weighted by Crippen LogP contribution is -2.37. The van der Waals surface area contributed by atoms with Crippen LogP contribution in [-0.4, -0.2) is 32.9 Å². The number of sulfonamides is 1. The van der Waals surface area contributed by atoms with Gasteiger partial charge < -0.3 is 10.5 Å². The summed E-state index contributed by atoms with van der Waals surface area (Å²) in [4.78, 5) is 33.8. The van der Waals surface area contributed by atoms with Gasteiger partial charge in [-0.3, -0.25) is 14.8 Å². The fraction of sp³-hybridized carbons (Fsp3) is 0.250. The first-order valence-corrected chi connectivity index (χ1v) is 10.7. The Morgan fingerprint density at radius 2 is 1.77 bits per heavy atom. The highest BCUT2D eigenvalue weighted by Crippen LogP contribution is 2.19. The predicted octanol–water partition coefficient (Wildman–Crippen LogP) is 2.18. The zero-order valence-corrected chi connectivity index (χ0v) is 17.2. The number of urea groups is 1. The molecule has 160 valence electrons. The number of esters is 1. The van der Waals surface area contributed by atoms with Crippen LogP contribution >= 0.6 is 0 Å². The summed E-state index contributed by atoms with van der Waals surface area (Å²) in [6.07, 6.45) is 3.05. The van der Waals surface area contributed by atoms with E-state index in [9.17, 15) is 22.8 Å². The maximum atomic E-state index is 12.6. The van der Waals surface area contributed by atoms with Crippen LogP contribution < -0.4 is 15.8 Å². The molecule has 0 aliphatic carbocycles. The molecule has 0 unspecified atom stereocenters. The Morgan fingerprint density at radius 1 is 1.07 bits per heavy atom. The summed E-state index contributed by atoms with van der Waals surface area (Å²) in [5.41, 5.74) is 6.23. The number of hydrogen-bond donors (Lipinski definition) is 3. The molecule has 0 aliphatic heterocycles. The highest BCUT2D eigenvalue weighted by Gasteiger charge is 2.18. The van der Waals surface area contributed by atoms with Gasteiger partial charge in [0.25, 0.3) is 15.9 Å². The van der Waals surface area contributed by atoms with E-state index >= 15 is 0 Å². The summed E-state index contributed by atoms with van der Waals surface area (Å²) >= 11 is 0. The molecule has 0 bridgehead atoms. The monoisotopic (exact) mass is 433 g/mol. The van der Waals surface area contributed by atoms with Crippen molar-refractivity contribution >= 4 is 33.6 Å². The molecule has 0 saturated carbocycles. The van der Waals surface area contributed by atoms with Crippen molar-refractivity contribution in [3.8, 4) is 0 Å². The summed E-state index contributed by atoms with van der Waals surface area (Å²) in [5.74, 6) is -1.82. The van der Waals surface area contributed by atoms with E-state index in [1.807, 2.05) is 12.1 Å². The number of anilines is 1. The number of benzene rings is 2. The van der Waals surface area contributed by atoms with Crippen molar-refractivity contribution in [2.45, 2.75) is 31.1 Å². The summed E-state index contributed by atoms with van der Waals surface area (Å²) in [5, 5.41) is 1.74. The van der Waals surface area contributed by atoms with Crippen LogP contribution in [0.4, 0.5) is 10.5 Å². The van der Waals surface area contributed by atoms with Crippen LogP contribution in [0, 0.1) is 0 Å². The quantitative estimate of drug-likeness (QED) is 0.517. The Bertz CT molecular complexity index is 1020. The van der Waals surface area contributed by atoms with Crippen LogP contribution in [0.3, 0.4) is 0 Å². The normalized spacial score (nSPS) is 10.8. The van der Waals surface area contributed by atoms with Gasteiger partial charge in [0.2, 0.25) is 0 Å². The van der Waals surface area contributed by atoms with Crippen molar-refractivity contribution in [2.24, 2.45) is 5.73 Å². The molecule has 0 heterocycles. The maximum absolute atomic E-state index is 12.6. The number of ether oxygens (including phenoxy) is 1. The Morgan fingerprint density at radius 3 is 2.40 bits per heavy atom.